The Morgan fingerprint density at radius 1 is 1.35 bits per heavy atom. The highest BCUT2D eigenvalue weighted by Gasteiger charge is 2.34. The topological polar surface area (TPSA) is 55.1 Å². The number of amides is 1. The lowest BCUT2D eigenvalue weighted by Gasteiger charge is -2.21. The minimum Gasteiger partial charge on any atom is -0.349 e. The molecule has 1 amide bonds. The number of halogens is 1. The predicted octanol–water partition coefficient (Wildman–Crippen LogP) is 2.30. The summed E-state index contributed by atoms with van der Waals surface area (Å²) < 4.78 is 13.2. The fourth-order valence-corrected chi connectivity index (χ4v) is 3.68. The van der Waals surface area contributed by atoms with Crippen LogP contribution in [0.25, 0.3) is 0 Å². The van der Waals surface area contributed by atoms with Crippen molar-refractivity contribution in [2.75, 3.05) is 6.54 Å². The van der Waals surface area contributed by atoms with E-state index in [1.165, 1.54) is 6.07 Å². The Morgan fingerprint density at radius 2 is 2.20 bits per heavy atom. The first-order valence-corrected chi connectivity index (χ1v) is 7.48. The maximum absolute atomic E-state index is 13.2. The number of hydrogen-bond donors (Lipinski definition) is 2. The van der Waals surface area contributed by atoms with Crippen molar-refractivity contribution in [1.82, 2.24) is 5.32 Å². The number of hydrogen-bond acceptors (Lipinski definition) is 2. The minimum absolute atomic E-state index is 0.0390. The number of carbonyl (C=O) groups is 1. The van der Waals surface area contributed by atoms with Gasteiger partial charge in [0.1, 0.15) is 5.82 Å². The molecule has 0 radical (unpaired) electrons. The molecule has 1 fully saturated rings. The summed E-state index contributed by atoms with van der Waals surface area (Å²) in [6, 6.07) is 4.90. The van der Waals surface area contributed by atoms with Gasteiger partial charge in [-0.15, -0.1) is 0 Å². The standard InChI is InChI=1S/C16H21FN2O/c17-12-5-6-13-10(8-12)4-7-15(13)19-16(20)14-3-1-2-11(14)9-18/h5-6,8,11,14-15H,1-4,7,9,18H2,(H,19,20)/t11-,14-,15?/m1/s1. The van der Waals surface area contributed by atoms with Crippen LogP contribution < -0.4 is 11.1 Å². The van der Waals surface area contributed by atoms with Crippen LogP contribution in [-0.2, 0) is 11.2 Å². The maximum Gasteiger partial charge on any atom is 0.223 e. The second kappa shape index (κ2) is 5.52. The lowest BCUT2D eigenvalue weighted by molar-refractivity contribution is -0.126. The third-order valence-electron chi connectivity index (χ3n) is 4.80. The van der Waals surface area contributed by atoms with Crippen LogP contribution in [0.15, 0.2) is 18.2 Å². The predicted molar refractivity (Wildman–Crippen MR) is 75.5 cm³/mol. The highest BCUT2D eigenvalue weighted by molar-refractivity contribution is 5.80. The lowest BCUT2D eigenvalue weighted by Crippen LogP contribution is -2.36. The van der Waals surface area contributed by atoms with Gasteiger partial charge in [-0.25, -0.2) is 4.39 Å². The summed E-state index contributed by atoms with van der Waals surface area (Å²) in [4.78, 5) is 12.4. The summed E-state index contributed by atoms with van der Waals surface area (Å²) >= 11 is 0. The summed E-state index contributed by atoms with van der Waals surface area (Å²) in [6.45, 7) is 0.588. The van der Waals surface area contributed by atoms with Gasteiger partial charge < -0.3 is 11.1 Å². The number of fused-ring (bicyclic) bond motifs is 1. The Morgan fingerprint density at radius 3 is 3.00 bits per heavy atom. The molecule has 108 valence electrons. The molecule has 3 N–H and O–H groups in total. The highest BCUT2D eigenvalue weighted by atomic mass is 19.1. The molecule has 0 spiro atoms. The molecule has 1 unspecified atom stereocenters. The van der Waals surface area contributed by atoms with Crippen molar-refractivity contribution in [2.24, 2.45) is 17.6 Å². The summed E-state index contributed by atoms with van der Waals surface area (Å²) in [6.07, 6.45) is 4.79. The van der Waals surface area contributed by atoms with Gasteiger partial charge in [-0.05, 0) is 61.4 Å². The smallest absolute Gasteiger partial charge is 0.223 e. The van der Waals surface area contributed by atoms with Crippen molar-refractivity contribution in [3.05, 3.63) is 35.1 Å². The molecule has 0 heterocycles. The van der Waals surface area contributed by atoms with Crippen LogP contribution in [-0.4, -0.2) is 12.5 Å². The largest absolute Gasteiger partial charge is 0.349 e. The monoisotopic (exact) mass is 276 g/mol. The first-order valence-electron chi connectivity index (χ1n) is 7.48. The van der Waals surface area contributed by atoms with Gasteiger partial charge in [0.25, 0.3) is 0 Å². The van der Waals surface area contributed by atoms with Crippen LogP contribution in [0.4, 0.5) is 4.39 Å². The van der Waals surface area contributed by atoms with Crippen LogP contribution in [0.5, 0.6) is 0 Å². The minimum atomic E-state index is -0.199. The summed E-state index contributed by atoms with van der Waals surface area (Å²) in [7, 11) is 0. The van der Waals surface area contributed by atoms with Crippen LogP contribution in [0.3, 0.4) is 0 Å². The van der Waals surface area contributed by atoms with Gasteiger partial charge in [-0.1, -0.05) is 12.5 Å². The molecule has 20 heavy (non-hydrogen) atoms. The number of nitrogens with one attached hydrogen (secondary N) is 1. The molecule has 0 saturated heterocycles. The van der Waals surface area contributed by atoms with Crippen molar-refractivity contribution in [2.45, 2.75) is 38.1 Å². The van der Waals surface area contributed by atoms with Crippen molar-refractivity contribution in [3.63, 3.8) is 0 Å². The van der Waals surface area contributed by atoms with E-state index in [1.54, 1.807) is 12.1 Å². The molecule has 2 aliphatic rings. The third kappa shape index (κ3) is 2.44. The van der Waals surface area contributed by atoms with Crippen molar-refractivity contribution < 1.29 is 9.18 Å². The molecular weight excluding hydrogens is 255 g/mol. The number of rotatable bonds is 3. The van der Waals surface area contributed by atoms with Gasteiger partial charge in [0.05, 0.1) is 6.04 Å². The fourth-order valence-electron chi connectivity index (χ4n) is 3.68. The third-order valence-corrected chi connectivity index (χ3v) is 4.80. The van der Waals surface area contributed by atoms with Gasteiger partial charge in [-0.2, -0.15) is 0 Å². The van der Waals surface area contributed by atoms with E-state index in [0.29, 0.717) is 12.5 Å². The van der Waals surface area contributed by atoms with Gasteiger partial charge >= 0.3 is 0 Å². The summed E-state index contributed by atoms with van der Waals surface area (Å²) in [5.41, 5.74) is 7.84. The van der Waals surface area contributed by atoms with Crippen LogP contribution in [0.2, 0.25) is 0 Å². The SMILES string of the molecule is NC[C@H]1CCC[C@H]1C(=O)NC1CCc2cc(F)ccc21. The van der Waals surface area contributed by atoms with Crippen LogP contribution in [0.1, 0.15) is 42.9 Å². The molecule has 0 bridgehead atoms. The van der Waals surface area contributed by atoms with Gasteiger partial charge in [0, 0.05) is 5.92 Å². The highest BCUT2D eigenvalue weighted by Crippen LogP contribution is 2.34. The number of nitrogens with two attached hydrogens (primary N) is 1. The molecule has 3 nitrogen and oxygen atoms in total. The average molecular weight is 276 g/mol. The second-order valence-electron chi connectivity index (χ2n) is 5.98. The van der Waals surface area contributed by atoms with E-state index < -0.39 is 0 Å². The Bertz CT molecular complexity index is 517. The van der Waals surface area contributed by atoms with Crippen molar-refractivity contribution >= 4 is 5.91 Å². The van der Waals surface area contributed by atoms with E-state index in [1.807, 2.05) is 0 Å². The lowest BCUT2D eigenvalue weighted by atomic mass is 9.94. The van der Waals surface area contributed by atoms with E-state index in [0.717, 1.165) is 43.2 Å². The second-order valence-corrected chi connectivity index (χ2v) is 5.98. The molecule has 1 aromatic rings. The molecule has 1 aromatic carbocycles. The zero-order chi connectivity index (χ0) is 14.1. The van der Waals surface area contributed by atoms with Crippen LogP contribution in [0, 0.1) is 17.7 Å². The van der Waals surface area contributed by atoms with Gasteiger partial charge in [0.2, 0.25) is 5.91 Å². The van der Waals surface area contributed by atoms with E-state index in [2.05, 4.69) is 5.32 Å². The molecule has 2 aliphatic carbocycles. The molecular formula is C16H21FN2O. The summed E-state index contributed by atoms with van der Waals surface area (Å²) in [5.74, 6) is 0.309. The van der Waals surface area contributed by atoms with Crippen LogP contribution >= 0.6 is 0 Å². The zero-order valence-corrected chi connectivity index (χ0v) is 11.6. The fraction of sp³-hybridized carbons (Fsp3) is 0.562. The van der Waals surface area contributed by atoms with E-state index in [9.17, 15) is 9.18 Å². The van der Waals surface area contributed by atoms with E-state index >= 15 is 0 Å². The van der Waals surface area contributed by atoms with E-state index in [-0.39, 0.29) is 23.7 Å². The zero-order valence-electron chi connectivity index (χ0n) is 11.6. The Kier molecular flexibility index (Phi) is 3.74. The molecule has 3 atom stereocenters. The van der Waals surface area contributed by atoms with Crippen molar-refractivity contribution in [3.8, 4) is 0 Å². The number of carbonyl (C=O) groups excluding carboxylic acids is 1. The Hall–Kier alpha value is -1.42. The Balaban J connectivity index is 1.69. The molecule has 4 heteroatoms. The maximum atomic E-state index is 13.2. The molecule has 0 aromatic heterocycles. The van der Waals surface area contributed by atoms with Gasteiger partial charge in [0.15, 0.2) is 0 Å². The number of aryl methyl sites for hydroxylation is 1. The first kappa shape index (κ1) is 13.6. The van der Waals surface area contributed by atoms with Gasteiger partial charge in [-0.3, -0.25) is 4.79 Å². The average Bonchev–Trinajstić information content (AvgIpc) is 3.05. The quantitative estimate of drug-likeness (QED) is 0.890. The molecule has 3 rings (SSSR count). The Labute approximate surface area is 118 Å². The number of benzene rings is 1. The molecule has 1 saturated carbocycles. The summed E-state index contributed by atoms with van der Waals surface area (Å²) in [5, 5.41) is 3.14. The normalized spacial score (nSPS) is 28.4. The first-order chi connectivity index (χ1) is 9.69. The van der Waals surface area contributed by atoms with Crippen molar-refractivity contribution in [1.29, 1.82) is 0 Å². The molecule has 0 aliphatic heterocycles. The van der Waals surface area contributed by atoms with E-state index in [4.69, 9.17) is 5.73 Å².